The minimum absolute atomic E-state index is 0. The molecule has 0 nitrogen and oxygen atoms in total. The van der Waals surface area contributed by atoms with Gasteiger partial charge in [-0.05, 0) is 6.92 Å². The Labute approximate surface area is 96.7 Å². The maximum Gasteiger partial charge on any atom is 4.00 e. The van der Waals surface area contributed by atoms with Crippen molar-refractivity contribution in [3.8, 4) is 0 Å². The van der Waals surface area contributed by atoms with E-state index in [-0.39, 0.29) is 58.9 Å². The summed E-state index contributed by atoms with van der Waals surface area (Å²) in [5.74, 6) is 0. The van der Waals surface area contributed by atoms with Gasteiger partial charge in [0, 0.05) is 0 Å². The Morgan fingerprint density at radius 1 is 1.00 bits per heavy atom. The van der Waals surface area contributed by atoms with Crippen LogP contribution in [0.3, 0.4) is 0 Å². The number of rotatable bonds is 1. The smallest absolute Gasteiger partial charge is 1.00 e. The van der Waals surface area contributed by atoms with Crippen LogP contribution in [0.4, 0.5) is 0 Å². The van der Waals surface area contributed by atoms with E-state index in [0.29, 0.717) is 0 Å². The van der Waals surface area contributed by atoms with E-state index in [9.17, 15) is 0 Å². The molecule has 0 rings (SSSR count). The zero-order valence-electron chi connectivity index (χ0n) is 5.65. The van der Waals surface area contributed by atoms with E-state index in [0.717, 1.165) is 0 Å². The fraction of sp³-hybridized carbons (Fsp3) is 0.167. The third-order valence-electron chi connectivity index (χ3n) is 0.440. The quantitative estimate of drug-likeness (QED) is 0.241. The third-order valence-corrected chi connectivity index (χ3v) is 0.440. The number of hydrogen-bond donors (Lipinski definition) is 0. The Bertz CT molecular complexity index is 61.4. The largest absolute Gasteiger partial charge is 4.00 e. The second-order valence-corrected chi connectivity index (χ2v) is 0.954. The predicted octanol–water partition coefficient (Wildman–Crippen LogP) is -7.04. The fourth-order valence-corrected chi connectivity index (χ4v) is 0.190. The van der Waals surface area contributed by atoms with Crippen molar-refractivity contribution >= 4 is 0 Å². The van der Waals surface area contributed by atoms with Crippen molar-refractivity contribution in [2.45, 2.75) is 6.92 Å². The normalized spacial score (nSPS) is 6.90. The Kier molecular flexibility index (Phi) is 99.8. The molecular weight excluding hydrogens is 226 g/mol. The van der Waals surface area contributed by atoms with Crippen LogP contribution in [0, 0.1) is 6.92 Å². The predicted molar refractivity (Wildman–Crippen MR) is 29.3 cm³/mol. The number of halogens is 3. The molecule has 0 heterocycles. The van der Waals surface area contributed by atoms with Crippen LogP contribution in [0.25, 0.3) is 0 Å². The minimum atomic E-state index is 0. The molecule has 0 bridgehead atoms. The molecule has 0 aromatic rings. The van der Waals surface area contributed by atoms with Crippen molar-refractivity contribution in [2.75, 3.05) is 0 Å². The van der Waals surface area contributed by atoms with Gasteiger partial charge in [-0.2, -0.15) is 0 Å². The van der Waals surface area contributed by atoms with Crippen molar-refractivity contribution in [3.63, 3.8) is 0 Å². The van der Waals surface area contributed by atoms with Crippen LogP contribution >= 0.6 is 0 Å². The molecule has 0 aromatic carbocycles. The topological polar surface area (TPSA) is 0 Å². The van der Waals surface area contributed by atoms with Gasteiger partial charge in [-0.25, -0.2) is 19.1 Å². The van der Waals surface area contributed by atoms with E-state index < -0.39 is 0 Å². The summed E-state index contributed by atoms with van der Waals surface area (Å²) < 4.78 is 0. The Hall–Kier alpha value is 0.934. The zero-order chi connectivity index (χ0) is 4.83. The van der Waals surface area contributed by atoms with Gasteiger partial charge in [0.2, 0.25) is 0 Å². The van der Waals surface area contributed by atoms with E-state index in [2.05, 4.69) is 6.92 Å². The summed E-state index contributed by atoms with van der Waals surface area (Å²) in [6, 6.07) is 0. The summed E-state index contributed by atoms with van der Waals surface area (Å²) in [4.78, 5) is 0. The average molecular weight is 235 g/mol. The van der Waals surface area contributed by atoms with Gasteiger partial charge in [0.1, 0.15) is 0 Å². The molecule has 10 heavy (non-hydrogen) atoms. The first-order chi connectivity index (χ1) is 2.91. The second kappa shape index (κ2) is 32.6. The second-order valence-electron chi connectivity index (χ2n) is 0.954. The van der Waals surface area contributed by atoms with Crippen LogP contribution in [-0.2, 0) is 21.7 Å². The molecule has 0 N–H and O–H groups in total. The van der Waals surface area contributed by atoms with Gasteiger partial charge < -0.3 is 37.2 Å². The van der Waals surface area contributed by atoms with Crippen molar-refractivity contribution in [1.29, 1.82) is 0 Å². The molecule has 0 spiro atoms. The maximum atomic E-state index is 3.49. The minimum Gasteiger partial charge on any atom is -1.00 e. The van der Waals surface area contributed by atoms with Crippen molar-refractivity contribution in [2.24, 2.45) is 0 Å². The fourth-order valence-electron chi connectivity index (χ4n) is 0.190. The standard InChI is InChI=1S/C6H9.3ClH.Ti/c1-3-5-6-4-2;;;;/h3-6H,1H2,2H3;3*1H;/q-1;;;;+4/p-3. The molecule has 0 radical (unpaired) electrons. The van der Waals surface area contributed by atoms with Crippen LogP contribution in [0.1, 0.15) is 6.92 Å². The van der Waals surface area contributed by atoms with E-state index in [1.54, 1.807) is 6.08 Å². The molecule has 0 saturated heterocycles. The summed E-state index contributed by atoms with van der Waals surface area (Å²) in [6.45, 7) is 5.46. The monoisotopic (exact) mass is 234 g/mol. The molecule has 0 fully saturated rings. The van der Waals surface area contributed by atoms with E-state index in [1.807, 2.05) is 25.2 Å². The van der Waals surface area contributed by atoms with E-state index >= 15 is 0 Å². The van der Waals surface area contributed by atoms with Crippen LogP contribution in [0.2, 0.25) is 0 Å². The van der Waals surface area contributed by atoms with Crippen molar-refractivity contribution < 1.29 is 58.9 Å². The Balaban J connectivity index is -0.0000000208. The Morgan fingerprint density at radius 2 is 1.40 bits per heavy atom. The van der Waals surface area contributed by atoms with Gasteiger partial charge in [-0.3, -0.25) is 0 Å². The zero-order valence-corrected chi connectivity index (χ0v) is 9.48. The van der Waals surface area contributed by atoms with E-state index in [1.165, 1.54) is 0 Å². The first-order valence-corrected chi connectivity index (χ1v) is 1.99. The molecule has 0 aliphatic rings. The van der Waals surface area contributed by atoms with Gasteiger partial charge in [0.25, 0.3) is 0 Å². The summed E-state index contributed by atoms with van der Waals surface area (Å²) in [5.41, 5.74) is 0. The molecule has 0 amide bonds. The van der Waals surface area contributed by atoms with Gasteiger partial charge in [0.15, 0.2) is 0 Å². The summed E-state index contributed by atoms with van der Waals surface area (Å²) in [6.07, 6.45) is 7.54. The Morgan fingerprint density at radius 3 is 1.50 bits per heavy atom. The van der Waals surface area contributed by atoms with Gasteiger partial charge >= 0.3 is 21.7 Å². The van der Waals surface area contributed by atoms with Crippen LogP contribution < -0.4 is 37.2 Å². The summed E-state index contributed by atoms with van der Waals surface area (Å²) in [5, 5.41) is 0. The average Bonchev–Trinajstić information content (AvgIpc) is 1.61. The van der Waals surface area contributed by atoms with E-state index in [4.69, 9.17) is 0 Å². The molecule has 58 valence electrons. The molecule has 0 aliphatic heterocycles. The first-order valence-electron chi connectivity index (χ1n) is 1.99. The molecule has 0 atom stereocenters. The molecule has 0 aromatic heterocycles. The third kappa shape index (κ3) is 36.3. The number of allylic oxidation sites excluding steroid dienone is 4. The van der Waals surface area contributed by atoms with Crippen LogP contribution in [0.5, 0.6) is 0 Å². The molecule has 0 aliphatic carbocycles. The molecule has 0 unspecified atom stereocenters. The summed E-state index contributed by atoms with van der Waals surface area (Å²) >= 11 is 0. The first kappa shape index (κ1) is 30.6. The van der Waals surface area contributed by atoms with Crippen LogP contribution in [0.15, 0.2) is 24.3 Å². The molecule has 4 heteroatoms. The van der Waals surface area contributed by atoms with Crippen molar-refractivity contribution in [1.82, 2.24) is 0 Å². The molecule has 0 saturated carbocycles. The van der Waals surface area contributed by atoms with Crippen LogP contribution in [-0.4, -0.2) is 0 Å². The van der Waals surface area contributed by atoms with Gasteiger partial charge in [-0.1, -0.05) is 0 Å². The maximum absolute atomic E-state index is 3.49. The van der Waals surface area contributed by atoms with Gasteiger partial charge in [0.05, 0.1) is 0 Å². The number of hydrogen-bond acceptors (Lipinski definition) is 0. The SMILES string of the molecule is [CH2-]C=CC=CC.[Cl-].[Cl-].[Cl-].[Ti+4]. The van der Waals surface area contributed by atoms with Gasteiger partial charge in [-0.15, -0.1) is 12.2 Å². The molecular formula is C6H9Cl3Ti. The van der Waals surface area contributed by atoms with Crippen molar-refractivity contribution in [3.05, 3.63) is 31.2 Å². The summed E-state index contributed by atoms with van der Waals surface area (Å²) in [7, 11) is 0.